The molecule has 0 fully saturated rings. The molecule has 0 aliphatic rings. The topological polar surface area (TPSA) is 39.2 Å². The van der Waals surface area contributed by atoms with Gasteiger partial charge in [0.1, 0.15) is 0 Å². The first-order chi connectivity index (χ1) is 7.97. The number of nitrogens with zero attached hydrogens (tertiary/aromatic N) is 1. The Morgan fingerprint density at radius 2 is 2.24 bits per heavy atom. The zero-order chi connectivity index (χ0) is 13.0. The van der Waals surface area contributed by atoms with Gasteiger partial charge in [-0.15, -0.1) is 0 Å². The maximum Gasteiger partial charge on any atom is 0.311 e. The second kappa shape index (κ2) is 6.18. The largest absolute Gasteiger partial charge is 0.466 e. The summed E-state index contributed by atoms with van der Waals surface area (Å²) in [5, 5.41) is 0. The molecule has 1 aromatic heterocycles. The van der Waals surface area contributed by atoms with Gasteiger partial charge in [0.2, 0.25) is 0 Å². The molecule has 0 radical (unpaired) electrons. The number of esters is 1. The fourth-order valence-corrected chi connectivity index (χ4v) is 1.82. The molecule has 0 saturated carbocycles. The summed E-state index contributed by atoms with van der Waals surface area (Å²) >= 11 is 1.47. The highest BCUT2D eigenvalue weighted by Gasteiger charge is 2.20. The monoisotopic (exact) mass is 359 g/mol. The highest BCUT2D eigenvalue weighted by atomic mass is 127. The fraction of sp³-hybridized carbons (Fsp3) is 0.400. The number of carbonyl (C=O) groups excluding carboxylic acids is 1. The highest BCUT2D eigenvalue weighted by molar-refractivity contribution is 14.1. The van der Waals surface area contributed by atoms with Gasteiger partial charge in [0.15, 0.2) is 5.82 Å². The van der Waals surface area contributed by atoms with Crippen LogP contribution in [0.4, 0.5) is 13.2 Å². The van der Waals surface area contributed by atoms with E-state index < -0.39 is 23.8 Å². The van der Waals surface area contributed by atoms with Crippen LogP contribution < -0.4 is 0 Å². The average Bonchev–Trinajstić information content (AvgIpc) is 2.25. The van der Waals surface area contributed by atoms with Crippen LogP contribution >= 0.6 is 22.6 Å². The molecule has 0 bridgehead atoms. The van der Waals surface area contributed by atoms with Gasteiger partial charge in [-0.05, 0) is 29.5 Å². The highest BCUT2D eigenvalue weighted by Crippen LogP contribution is 2.26. The summed E-state index contributed by atoms with van der Waals surface area (Å²) in [6, 6.07) is 0. The Labute approximate surface area is 110 Å². The molecule has 0 aliphatic carbocycles. The van der Waals surface area contributed by atoms with Crippen molar-refractivity contribution in [3.05, 3.63) is 26.8 Å². The number of hydrogen-bond acceptors (Lipinski definition) is 3. The molecule has 17 heavy (non-hydrogen) atoms. The molecule has 0 unspecified atom stereocenters. The van der Waals surface area contributed by atoms with Crippen LogP contribution in [0.2, 0.25) is 0 Å². The summed E-state index contributed by atoms with van der Waals surface area (Å²) in [5.41, 5.74) is -0.659. The van der Waals surface area contributed by atoms with Crippen LogP contribution in [-0.2, 0) is 16.0 Å². The van der Waals surface area contributed by atoms with Crippen molar-refractivity contribution in [2.24, 2.45) is 0 Å². The number of ether oxygens (including phenoxy) is 1. The van der Waals surface area contributed by atoms with Crippen LogP contribution in [0.3, 0.4) is 0 Å². The van der Waals surface area contributed by atoms with Crippen LogP contribution in [0.25, 0.3) is 0 Å². The predicted molar refractivity (Wildman–Crippen MR) is 62.2 cm³/mol. The number of pyridine rings is 1. The van der Waals surface area contributed by atoms with E-state index in [0.29, 0.717) is 0 Å². The van der Waals surface area contributed by atoms with E-state index in [1.54, 1.807) is 6.92 Å². The van der Waals surface area contributed by atoms with Crippen LogP contribution in [0.1, 0.15) is 24.6 Å². The number of halogens is 4. The molecule has 0 saturated heterocycles. The molecule has 0 aromatic carbocycles. The van der Waals surface area contributed by atoms with E-state index >= 15 is 0 Å². The summed E-state index contributed by atoms with van der Waals surface area (Å²) in [5.74, 6) is -1.53. The molecule has 0 atom stereocenters. The number of aromatic nitrogens is 1. The van der Waals surface area contributed by atoms with Gasteiger partial charge in [-0.2, -0.15) is 0 Å². The molecule has 7 heteroatoms. The Morgan fingerprint density at radius 1 is 1.59 bits per heavy atom. The molecule has 0 N–H and O–H groups in total. The standard InChI is InChI=1S/C10H9F3INO2/c1-2-17-7(16)3-6-8(11)9(14)5(4-15-6)10(12)13/h4,10H,2-3H2,1H3. The van der Waals surface area contributed by atoms with E-state index in [1.807, 2.05) is 0 Å². The van der Waals surface area contributed by atoms with E-state index in [-0.39, 0.29) is 22.3 Å². The van der Waals surface area contributed by atoms with E-state index in [0.717, 1.165) is 6.20 Å². The number of alkyl halides is 2. The van der Waals surface area contributed by atoms with Crippen molar-refractivity contribution in [3.63, 3.8) is 0 Å². The summed E-state index contributed by atoms with van der Waals surface area (Å²) in [6.07, 6.45) is -2.27. The van der Waals surface area contributed by atoms with E-state index in [2.05, 4.69) is 9.72 Å². The third-order valence-electron chi connectivity index (χ3n) is 1.91. The molecular formula is C10H9F3INO2. The second-order valence-electron chi connectivity index (χ2n) is 3.07. The van der Waals surface area contributed by atoms with Crippen LogP contribution in [0.5, 0.6) is 0 Å². The Kier molecular flexibility index (Phi) is 5.16. The quantitative estimate of drug-likeness (QED) is 0.613. The van der Waals surface area contributed by atoms with Crippen molar-refractivity contribution < 1.29 is 22.7 Å². The first-order valence-corrected chi connectivity index (χ1v) is 5.81. The summed E-state index contributed by atoms with van der Waals surface area (Å²) < 4.78 is 42.9. The third kappa shape index (κ3) is 3.55. The maximum absolute atomic E-state index is 13.6. The van der Waals surface area contributed by atoms with Crippen molar-refractivity contribution >= 4 is 28.6 Å². The number of carbonyl (C=O) groups is 1. The van der Waals surface area contributed by atoms with Gasteiger partial charge in [0.05, 0.1) is 27.9 Å². The fourth-order valence-electron chi connectivity index (χ4n) is 1.14. The van der Waals surface area contributed by atoms with Crippen LogP contribution in [0.15, 0.2) is 6.20 Å². The van der Waals surface area contributed by atoms with Gasteiger partial charge in [0.25, 0.3) is 6.43 Å². The Balaban J connectivity index is 2.96. The minimum atomic E-state index is -2.79. The lowest BCUT2D eigenvalue weighted by atomic mass is 10.2. The third-order valence-corrected chi connectivity index (χ3v) is 3.01. The molecule has 1 aromatic rings. The first kappa shape index (κ1) is 14.2. The van der Waals surface area contributed by atoms with Crippen molar-refractivity contribution in [2.45, 2.75) is 19.8 Å². The molecule has 0 aliphatic heterocycles. The van der Waals surface area contributed by atoms with Gasteiger partial charge in [-0.1, -0.05) is 0 Å². The lowest BCUT2D eigenvalue weighted by Crippen LogP contribution is -2.12. The number of hydrogen-bond donors (Lipinski definition) is 0. The second-order valence-corrected chi connectivity index (χ2v) is 4.15. The summed E-state index contributed by atoms with van der Waals surface area (Å²) in [4.78, 5) is 14.6. The van der Waals surface area contributed by atoms with Crippen molar-refractivity contribution in [3.8, 4) is 0 Å². The van der Waals surface area contributed by atoms with Gasteiger partial charge in [-0.25, -0.2) is 13.2 Å². The van der Waals surface area contributed by atoms with Gasteiger partial charge in [-0.3, -0.25) is 9.78 Å². The zero-order valence-corrected chi connectivity index (χ0v) is 11.0. The Morgan fingerprint density at radius 3 is 2.76 bits per heavy atom. The van der Waals surface area contributed by atoms with E-state index in [1.165, 1.54) is 22.6 Å². The minimum absolute atomic E-state index is 0.173. The van der Waals surface area contributed by atoms with Gasteiger partial charge >= 0.3 is 5.97 Å². The van der Waals surface area contributed by atoms with Crippen molar-refractivity contribution in [1.29, 1.82) is 0 Å². The Hall–Kier alpha value is -0.860. The molecule has 3 nitrogen and oxygen atoms in total. The predicted octanol–water partition coefficient (Wildman–Crippen LogP) is 2.87. The van der Waals surface area contributed by atoms with Crippen LogP contribution in [0, 0.1) is 9.39 Å². The van der Waals surface area contributed by atoms with Crippen LogP contribution in [-0.4, -0.2) is 17.6 Å². The SMILES string of the molecule is CCOC(=O)Cc1ncc(C(F)F)c(I)c1F. The molecule has 0 amide bonds. The summed E-state index contributed by atoms with van der Waals surface area (Å²) in [7, 11) is 0. The summed E-state index contributed by atoms with van der Waals surface area (Å²) in [6.45, 7) is 1.79. The first-order valence-electron chi connectivity index (χ1n) is 4.73. The van der Waals surface area contributed by atoms with E-state index in [4.69, 9.17) is 0 Å². The molecule has 1 rings (SSSR count). The number of rotatable bonds is 4. The smallest absolute Gasteiger partial charge is 0.311 e. The van der Waals surface area contributed by atoms with E-state index in [9.17, 15) is 18.0 Å². The van der Waals surface area contributed by atoms with Gasteiger partial charge in [0, 0.05) is 6.20 Å². The lowest BCUT2D eigenvalue weighted by molar-refractivity contribution is -0.142. The average molecular weight is 359 g/mol. The lowest BCUT2D eigenvalue weighted by Gasteiger charge is -2.07. The van der Waals surface area contributed by atoms with Crippen molar-refractivity contribution in [2.75, 3.05) is 6.61 Å². The minimum Gasteiger partial charge on any atom is -0.466 e. The molecule has 1 heterocycles. The van der Waals surface area contributed by atoms with Gasteiger partial charge < -0.3 is 4.74 Å². The maximum atomic E-state index is 13.6. The van der Waals surface area contributed by atoms with Crippen molar-refractivity contribution in [1.82, 2.24) is 4.98 Å². The Bertz CT molecular complexity index is 426. The zero-order valence-electron chi connectivity index (χ0n) is 8.84. The normalized spacial score (nSPS) is 10.7. The molecular weight excluding hydrogens is 350 g/mol. The molecule has 94 valence electrons. The molecule has 0 spiro atoms.